The standard InChI is InChI=1S/C10H8O3.C3H8/c1-6-5-13-9-3-2-7(10(11)12)4-8(6)9;1-3-2/h2-5H,1H3,(H,11,12);3H2,1-2H3. The molecule has 0 aliphatic heterocycles. The summed E-state index contributed by atoms with van der Waals surface area (Å²) in [4.78, 5) is 10.6. The van der Waals surface area contributed by atoms with Crippen molar-refractivity contribution < 1.29 is 14.3 Å². The molecule has 3 heteroatoms. The topological polar surface area (TPSA) is 50.4 Å². The molecule has 0 aliphatic carbocycles. The molecule has 0 saturated carbocycles. The second-order valence-corrected chi connectivity index (χ2v) is 3.64. The van der Waals surface area contributed by atoms with Crippen molar-refractivity contribution >= 4 is 16.9 Å². The molecule has 1 heterocycles. The monoisotopic (exact) mass is 220 g/mol. The lowest BCUT2D eigenvalue weighted by Gasteiger charge is -1.93. The quantitative estimate of drug-likeness (QED) is 0.794. The van der Waals surface area contributed by atoms with Gasteiger partial charge in [0, 0.05) is 5.39 Å². The Bertz CT molecular complexity index is 483. The first-order valence-corrected chi connectivity index (χ1v) is 5.31. The number of rotatable bonds is 1. The van der Waals surface area contributed by atoms with Crippen LogP contribution in [0, 0.1) is 6.92 Å². The zero-order chi connectivity index (χ0) is 12.1. The number of benzene rings is 1. The normalized spacial score (nSPS) is 9.69. The number of carboxylic acid groups (broad SMARTS) is 1. The largest absolute Gasteiger partial charge is 0.478 e. The second-order valence-electron chi connectivity index (χ2n) is 3.64. The van der Waals surface area contributed by atoms with Gasteiger partial charge >= 0.3 is 5.97 Å². The van der Waals surface area contributed by atoms with Gasteiger partial charge in [-0.25, -0.2) is 4.79 Å². The fraction of sp³-hybridized carbons (Fsp3) is 0.308. The Hall–Kier alpha value is -1.77. The van der Waals surface area contributed by atoms with Crippen LogP contribution in [-0.4, -0.2) is 11.1 Å². The van der Waals surface area contributed by atoms with Crippen molar-refractivity contribution in [1.29, 1.82) is 0 Å². The molecule has 1 N–H and O–H groups in total. The van der Waals surface area contributed by atoms with Crippen LogP contribution in [0.3, 0.4) is 0 Å². The summed E-state index contributed by atoms with van der Waals surface area (Å²) in [6.07, 6.45) is 2.87. The number of aromatic carboxylic acids is 1. The summed E-state index contributed by atoms with van der Waals surface area (Å²) in [5.74, 6) is -0.914. The Morgan fingerprint density at radius 2 is 2.00 bits per heavy atom. The summed E-state index contributed by atoms with van der Waals surface area (Å²) >= 11 is 0. The lowest BCUT2D eigenvalue weighted by molar-refractivity contribution is 0.0697. The fourth-order valence-electron chi connectivity index (χ4n) is 1.29. The molecule has 0 amide bonds. The average molecular weight is 220 g/mol. The van der Waals surface area contributed by atoms with Crippen molar-refractivity contribution in [2.75, 3.05) is 0 Å². The summed E-state index contributed by atoms with van der Waals surface area (Å²) in [6.45, 7) is 6.14. The van der Waals surface area contributed by atoms with E-state index in [-0.39, 0.29) is 5.56 Å². The van der Waals surface area contributed by atoms with E-state index in [4.69, 9.17) is 9.52 Å². The minimum absolute atomic E-state index is 0.289. The van der Waals surface area contributed by atoms with Gasteiger partial charge in [-0.1, -0.05) is 20.3 Å². The number of hydrogen-bond acceptors (Lipinski definition) is 2. The zero-order valence-electron chi connectivity index (χ0n) is 9.78. The zero-order valence-corrected chi connectivity index (χ0v) is 9.78. The number of carbonyl (C=O) groups is 1. The van der Waals surface area contributed by atoms with Gasteiger partial charge in [0.25, 0.3) is 0 Å². The smallest absolute Gasteiger partial charge is 0.335 e. The minimum Gasteiger partial charge on any atom is -0.478 e. The molecule has 0 spiro atoms. The van der Waals surface area contributed by atoms with Crippen molar-refractivity contribution in [2.24, 2.45) is 0 Å². The number of furan rings is 1. The van der Waals surface area contributed by atoms with Crippen LogP contribution in [0.2, 0.25) is 0 Å². The van der Waals surface area contributed by atoms with E-state index < -0.39 is 5.97 Å². The molecule has 2 aromatic rings. The average Bonchev–Trinajstić information content (AvgIpc) is 2.61. The maximum absolute atomic E-state index is 10.6. The number of carboxylic acids is 1. The first kappa shape index (κ1) is 12.3. The summed E-state index contributed by atoms with van der Waals surface area (Å²) in [5.41, 5.74) is 1.97. The molecular weight excluding hydrogens is 204 g/mol. The lowest BCUT2D eigenvalue weighted by Crippen LogP contribution is -1.94. The van der Waals surface area contributed by atoms with E-state index in [9.17, 15) is 4.79 Å². The van der Waals surface area contributed by atoms with E-state index in [1.54, 1.807) is 18.4 Å². The van der Waals surface area contributed by atoms with E-state index >= 15 is 0 Å². The van der Waals surface area contributed by atoms with Gasteiger partial charge in [0.15, 0.2) is 0 Å². The van der Waals surface area contributed by atoms with Crippen molar-refractivity contribution in [3.8, 4) is 0 Å². The van der Waals surface area contributed by atoms with Gasteiger partial charge in [0.2, 0.25) is 0 Å². The van der Waals surface area contributed by atoms with Crippen LogP contribution in [-0.2, 0) is 0 Å². The van der Waals surface area contributed by atoms with Gasteiger partial charge < -0.3 is 9.52 Å². The van der Waals surface area contributed by atoms with Gasteiger partial charge in [-0.05, 0) is 30.7 Å². The molecule has 0 aliphatic rings. The highest BCUT2D eigenvalue weighted by molar-refractivity contribution is 5.93. The van der Waals surface area contributed by atoms with Gasteiger partial charge in [0.1, 0.15) is 5.58 Å². The van der Waals surface area contributed by atoms with Crippen molar-refractivity contribution in [3.05, 3.63) is 35.6 Å². The van der Waals surface area contributed by atoms with Gasteiger partial charge in [0.05, 0.1) is 11.8 Å². The molecule has 2 rings (SSSR count). The van der Waals surface area contributed by atoms with E-state index in [0.717, 1.165) is 16.5 Å². The summed E-state index contributed by atoms with van der Waals surface area (Å²) in [6, 6.07) is 4.83. The van der Waals surface area contributed by atoms with E-state index in [0.29, 0.717) is 0 Å². The Labute approximate surface area is 94.7 Å². The maximum atomic E-state index is 10.6. The summed E-state index contributed by atoms with van der Waals surface area (Å²) < 4.78 is 5.19. The van der Waals surface area contributed by atoms with Crippen LogP contribution in [0.25, 0.3) is 11.0 Å². The third-order valence-corrected chi connectivity index (χ3v) is 2.01. The predicted molar refractivity (Wildman–Crippen MR) is 63.9 cm³/mol. The van der Waals surface area contributed by atoms with E-state index in [1.165, 1.54) is 12.5 Å². The Morgan fingerprint density at radius 1 is 1.38 bits per heavy atom. The SMILES string of the molecule is CCC.Cc1coc2ccc(C(=O)O)cc12. The molecule has 0 unspecified atom stereocenters. The molecule has 0 bridgehead atoms. The third kappa shape index (κ3) is 2.63. The van der Waals surface area contributed by atoms with Crippen molar-refractivity contribution in [3.63, 3.8) is 0 Å². The Kier molecular flexibility index (Phi) is 4.11. The van der Waals surface area contributed by atoms with E-state index in [2.05, 4.69) is 13.8 Å². The van der Waals surface area contributed by atoms with Crippen LogP contribution in [0.1, 0.15) is 36.2 Å². The molecule has 1 aromatic carbocycles. The minimum atomic E-state index is -0.914. The predicted octanol–water partition coefficient (Wildman–Crippen LogP) is 3.86. The Morgan fingerprint density at radius 3 is 2.56 bits per heavy atom. The molecular formula is C13H16O3. The maximum Gasteiger partial charge on any atom is 0.335 e. The first-order valence-electron chi connectivity index (χ1n) is 5.31. The van der Waals surface area contributed by atoms with Crippen LogP contribution >= 0.6 is 0 Å². The van der Waals surface area contributed by atoms with Gasteiger partial charge in [-0.2, -0.15) is 0 Å². The third-order valence-electron chi connectivity index (χ3n) is 2.01. The highest BCUT2D eigenvalue weighted by Gasteiger charge is 2.06. The highest BCUT2D eigenvalue weighted by Crippen LogP contribution is 2.21. The van der Waals surface area contributed by atoms with Crippen molar-refractivity contribution in [1.82, 2.24) is 0 Å². The molecule has 1 aromatic heterocycles. The fourth-order valence-corrected chi connectivity index (χ4v) is 1.29. The van der Waals surface area contributed by atoms with E-state index in [1.807, 2.05) is 6.92 Å². The second kappa shape index (κ2) is 5.35. The molecule has 0 fully saturated rings. The van der Waals surface area contributed by atoms with Crippen LogP contribution < -0.4 is 0 Å². The van der Waals surface area contributed by atoms with Gasteiger partial charge in [-0.15, -0.1) is 0 Å². The summed E-state index contributed by atoms with van der Waals surface area (Å²) in [7, 11) is 0. The number of aryl methyl sites for hydroxylation is 1. The van der Waals surface area contributed by atoms with Crippen LogP contribution in [0.5, 0.6) is 0 Å². The molecule has 0 saturated heterocycles. The number of hydrogen-bond donors (Lipinski definition) is 1. The van der Waals surface area contributed by atoms with Crippen LogP contribution in [0.15, 0.2) is 28.9 Å². The van der Waals surface area contributed by atoms with Crippen LogP contribution in [0.4, 0.5) is 0 Å². The molecule has 86 valence electrons. The molecule has 0 radical (unpaired) electrons. The molecule has 3 nitrogen and oxygen atoms in total. The van der Waals surface area contributed by atoms with Crippen molar-refractivity contribution in [2.45, 2.75) is 27.2 Å². The summed E-state index contributed by atoms with van der Waals surface area (Å²) in [5, 5.41) is 9.60. The number of fused-ring (bicyclic) bond motifs is 1. The Balaban J connectivity index is 0.000000386. The van der Waals surface area contributed by atoms with Gasteiger partial charge in [-0.3, -0.25) is 0 Å². The molecule has 16 heavy (non-hydrogen) atoms. The highest BCUT2D eigenvalue weighted by atomic mass is 16.4. The first-order chi connectivity index (χ1) is 7.60. The lowest BCUT2D eigenvalue weighted by atomic mass is 10.1. The molecule has 0 atom stereocenters.